The van der Waals surface area contributed by atoms with Crippen LogP contribution in [0.2, 0.25) is 0 Å². The van der Waals surface area contributed by atoms with Crippen LogP contribution in [0.25, 0.3) is 0 Å². The van der Waals surface area contributed by atoms with Gasteiger partial charge in [-0.2, -0.15) is 0 Å². The molecule has 0 aliphatic rings. The topological polar surface area (TPSA) is 195 Å². The van der Waals surface area contributed by atoms with Gasteiger partial charge in [-0.15, -0.1) is 11.8 Å². The van der Waals surface area contributed by atoms with E-state index in [0.717, 1.165) is 64.2 Å². The number of carboxylic acids is 1. The van der Waals surface area contributed by atoms with E-state index < -0.39 is 62.4 Å². The van der Waals surface area contributed by atoms with Gasteiger partial charge in [-0.3, -0.25) is 18.9 Å². The average Bonchev–Trinajstić information content (AvgIpc) is 3.23. The summed E-state index contributed by atoms with van der Waals surface area (Å²) in [6, 6.07) is -1.15. The SMILES string of the molecule is CC/C=C\C/C=C\C/C=C\CCCCCCCC(=O)O[C@H](COC(=O)[C@@H](N)CS[C@H](/C=C/C=C/C=C\C/C=C\CCCCC)[C@@H](O)CCCC(=O)O)COP(=O)([O-])OCC[N+](C)(C)C. The van der Waals surface area contributed by atoms with Gasteiger partial charge in [-0.25, -0.2) is 0 Å². The number of nitrogens with two attached hydrogens (primary N) is 1. The van der Waals surface area contributed by atoms with Crippen molar-refractivity contribution < 1.29 is 57.1 Å². The Bertz CT molecular complexity index is 1490. The lowest BCUT2D eigenvalue weighted by Gasteiger charge is -2.28. The molecule has 5 atom stereocenters. The Morgan fingerprint density at radius 1 is 0.750 bits per heavy atom. The average molecular weight is 939 g/mol. The summed E-state index contributed by atoms with van der Waals surface area (Å²) in [7, 11) is 0.879. The van der Waals surface area contributed by atoms with Crippen LogP contribution in [0.15, 0.2) is 85.1 Å². The van der Waals surface area contributed by atoms with Gasteiger partial charge in [-0.1, -0.05) is 131 Å². The summed E-state index contributed by atoms with van der Waals surface area (Å²) in [6.07, 6.45) is 40.8. The molecular weight excluding hydrogens is 856 g/mol. The number of aliphatic hydroxyl groups is 1. The fourth-order valence-electron chi connectivity index (χ4n) is 5.64. The van der Waals surface area contributed by atoms with Crippen molar-refractivity contribution in [1.82, 2.24) is 0 Å². The maximum atomic E-state index is 13.0. The van der Waals surface area contributed by atoms with Gasteiger partial charge in [0, 0.05) is 23.8 Å². The second kappa shape index (κ2) is 40.2. The molecule has 4 N–H and O–H groups in total. The number of quaternary nitrogens is 1. The number of carbonyl (C=O) groups is 3. The molecule has 15 heteroatoms. The number of rotatable bonds is 41. The van der Waals surface area contributed by atoms with Crippen LogP contribution in [0.3, 0.4) is 0 Å². The van der Waals surface area contributed by atoms with Crippen LogP contribution in [-0.4, -0.2) is 109 Å². The molecule has 366 valence electrons. The van der Waals surface area contributed by atoms with Gasteiger partial charge >= 0.3 is 17.9 Å². The molecule has 0 aliphatic heterocycles. The molecule has 0 aliphatic carbocycles. The van der Waals surface area contributed by atoms with Crippen LogP contribution in [-0.2, 0) is 37.5 Å². The van der Waals surface area contributed by atoms with Crippen molar-refractivity contribution >= 4 is 37.5 Å². The number of ether oxygens (including phenoxy) is 2. The minimum Gasteiger partial charge on any atom is -0.756 e. The summed E-state index contributed by atoms with van der Waals surface area (Å²) in [5.41, 5.74) is 6.19. The summed E-state index contributed by atoms with van der Waals surface area (Å²) in [5, 5.41) is 19.5. The first-order valence-corrected chi connectivity index (χ1v) is 25.7. The number of phosphoric ester groups is 1. The summed E-state index contributed by atoms with van der Waals surface area (Å²) in [4.78, 5) is 49.4. The number of hydrogen-bond acceptors (Lipinski definition) is 12. The summed E-state index contributed by atoms with van der Waals surface area (Å²) in [6.45, 7) is 3.46. The number of aliphatic hydroxyl groups excluding tert-OH is 1. The fraction of sp³-hybridized carbons (Fsp3) is 0.653. The Morgan fingerprint density at radius 3 is 2.02 bits per heavy atom. The van der Waals surface area contributed by atoms with E-state index in [1.165, 1.54) is 31.0 Å². The molecule has 0 radical (unpaired) electrons. The Kier molecular flexibility index (Phi) is 38.3. The highest BCUT2D eigenvalue weighted by molar-refractivity contribution is 8.00. The van der Waals surface area contributed by atoms with Crippen molar-refractivity contribution in [3.63, 3.8) is 0 Å². The van der Waals surface area contributed by atoms with Gasteiger partial charge < -0.3 is 43.8 Å². The highest BCUT2D eigenvalue weighted by atomic mass is 32.2. The van der Waals surface area contributed by atoms with Crippen LogP contribution in [0.4, 0.5) is 0 Å². The third-order valence-electron chi connectivity index (χ3n) is 9.40. The molecular formula is C49H83N2O11PS. The number of thioether (sulfide) groups is 1. The Morgan fingerprint density at radius 2 is 1.36 bits per heavy atom. The van der Waals surface area contributed by atoms with Crippen molar-refractivity contribution in [2.75, 3.05) is 53.3 Å². The van der Waals surface area contributed by atoms with Gasteiger partial charge in [0.2, 0.25) is 0 Å². The summed E-state index contributed by atoms with van der Waals surface area (Å²) < 4.78 is 33.9. The number of carbonyl (C=O) groups excluding carboxylic acids is 2. The predicted octanol–water partition coefficient (Wildman–Crippen LogP) is 9.48. The number of likely N-dealkylation sites (N-methyl/N-ethyl adjacent to an activating group) is 1. The highest BCUT2D eigenvalue weighted by Gasteiger charge is 2.25. The zero-order valence-electron chi connectivity index (χ0n) is 39.6. The van der Waals surface area contributed by atoms with E-state index in [1.54, 1.807) is 12.2 Å². The third kappa shape index (κ3) is 40.4. The van der Waals surface area contributed by atoms with Gasteiger partial charge in [0.25, 0.3) is 7.82 Å². The first kappa shape index (κ1) is 60.9. The molecule has 0 spiro atoms. The van der Waals surface area contributed by atoms with Crippen molar-refractivity contribution in [3.8, 4) is 0 Å². The van der Waals surface area contributed by atoms with Crippen LogP contribution >= 0.6 is 19.6 Å². The molecule has 13 nitrogen and oxygen atoms in total. The van der Waals surface area contributed by atoms with Crippen LogP contribution in [0, 0.1) is 0 Å². The molecule has 0 aromatic rings. The Labute approximate surface area is 390 Å². The molecule has 0 saturated heterocycles. The van der Waals surface area contributed by atoms with E-state index in [9.17, 15) is 28.9 Å². The van der Waals surface area contributed by atoms with E-state index >= 15 is 0 Å². The number of aliphatic carboxylic acids is 1. The van der Waals surface area contributed by atoms with Crippen molar-refractivity contribution in [1.29, 1.82) is 0 Å². The zero-order valence-corrected chi connectivity index (χ0v) is 41.3. The molecule has 0 saturated carbocycles. The highest BCUT2D eigenvalue weighted by Crippen LogP contribution is 2.38. The monoisotopic (exact) mass is 939 g/mol. The molecule has 0 amide bonds. The number of carboxylic acid groups (broad SMARTS) is 1. The van der Waals surface area contributed by atoms with E-state index in [0.29, 0.717) is 17.4 Å². The second-order valence-electron chi connectivity index (χ2n) is 16.6. The summed E-state index contributed by atoms with van der Waals surface area (Å²) >= 11 is 1.21. The van der Waals surface area contributed by atoms with Crippen molar-refractivity contribution in [3.05, 3.63) is 85.1 Å². The predicted molar refractivity (Wildman–Crippen MR) is 260 cm³/mol. The third-order valence-corrected chi connectivity index (χ3v) is 11.8. The number of hydrogen-bond donors (Lipinski definition) is 3. The largest absolute Gasteiger partial charge is 0.756 e. The molecule has 0 heterocycles. The van der Waals surface area contributed by atoms with Gasteiger partial charge in [0.05, 0.1) is 33.9 Å². The van der Waals surface area contributed by atoms with E-state index in [2.05, 4.69) is 62.5 Å². The standard InChI is InChI=1S/C49H83N2O11PS/c1-6-8-10-12-14-16-18-20-21-22-24-26-28-30-32-37-48(55)62-43(41-61-63(57,58)60-39-38-51(3,4)5)40-59-49(56)44(50)42-64-46(45(52)34-33-36-47(53)54)35-31-29-27-25-23-19-17-15-13-11-9-7-2/h8,10,14-17,20-21,23,25,27,29,31,35,43-46,52H,6-7,9,11-13,18-19,22,24,26,28,30,32-34,36-42,50H2,1-5H3,(H-,53,54,57,58)/b10-8-,16-14-,17-15-,21-20-,25-23-,29-27+,35-31+/t43-,44+,45+,46-/m1/s1. The summed E-state index contributed by atoms with van der Waals surface area (Å²) in [5.74, 6) is -2.32. The minimum atomic E-state index is -4.77. The quantitative estimate of drug-likeness (QED) is 0.0131. The first-order chi connectivity index (χ1) is 30.6. The number of esters is 2. The molecule has 64 heavy (non-hydrogen) atoms. The molecule has 0 bridgehead atoms. The van der Waals surface area contributed by atoms with E-state index in [1.807, 2.05) is 45.4 Å². The lowest BCUT2D eigenvalue weighted by molar-refractivity contribution is -0.870. The smallest absolute Gasteiger partial charge is 0.323 e. The Balaban J connectivity index is 5.27. The van der Waals surface area contributed by atoms with Crippen molar-refractivity contribution in [2.24, 2.45) is 5.73 Å². The van der Waals surface area contributed by atoms with Gasteiger partial charge in [0.15, 0.2) is 6.10 Å². The fourth-order valence-corrected chi connectivity index (χ4v) is 7.49. The first-order valence-electron chi connectivity index (χ1n) is 23.2. The van der Waals surface area contributed by atoms with Crippen LogP contribution in [0.5, 0.6) is 0 Å². The lowest BCUT2D eigenvalue weighted by atomic mass is 10.1. The molecule has 0 rings (SSSR count). The number of unbranched alkanes of at least 4 members (excludes halogenated alkanes) is 8. The number of phosphoric acid groups is 1. The van der Waals surface area contributed by atoms with Crippen LogP contribution < -0.4 is 10.6 Å². The zero-order chi connectivity index (χ0) is 47.7. The minimum absolute atomic E-state index is 0.0414. The van der Waals surface area contributed by atoms with Crippen molar-refractivity contribution in [2.45, 2.75) is 153 Å². The lowest BCUT2D eigenvalue weighted by Crippen LogP contribution is -2.39. The van der Waals surface area contributed by atoms with Crippen LogP contribution in [0.1, 0.15) is 129 Å². The normalized spacial score (nSPS) is 15.6. The number of nitrogens with zero attached hydrogens (tertiary/aromatic N) is 1. The second-order valence-corrected chi connectivity index (χ2v) is 19.2. The molecule has 0 fully saturated rings. The molecule has 0 aromatic carbocycles. The Hall–Kier alpha value is -3.07. The maximum Gasteiger partial charge on any atom is 0.323 e. The molecule has 1 unspecified atom stereocenters. The van der Waals surface area contributed by atoms with E-state index in [-0.39, 0.29) is 38.0 Å². The van der Waals surface area contributed by atoms with Gasteiger partial charge in [-0.05, 0) is 70.6 Å². The maximum absolute atomic E-state index is 13.0. The van der Waals surface area contributed by atoms with E-state index in [4.69, 9.17) is 29.4 Å². The number of allylic oxidation sites excluding steroid dienone is 13. The van der Waals surface area contributed by atoms with Gasteiger partial charge in [0.1, 0.15) is 25.8 Å². The molecule has 0 aromatic heterocycles.